The fourth-order valence-electron chi connectivity index (χ4n) is 2.37. The highest BCUT2D eigenvalue weighted by atomic mass is 16.5. The molecule has 3 aromatic rings. The van der Waals surface area contributed by atoms with Crippen LogP contribution < -0.4 is 10.2 Å². The van der Waals surface area contributed by atoms with Crippen molar-refractivity contribution in [2.75, 3.05) is 6.61 Å². The van der Waals surface area contributed by atoms with Gasteiger partial charge in [-0.05, 0) is 31.2 Å². The number of carbonyl (C=O) groups is 1. The predicted octanol–water partition coefficient (Wildman–Crippen LogP) is 2.59. The maximum atomic E-state index is 12.1. The number of rotatable bonds is 6. The number of hydrogen-bond acceptors (Lipinski definition) is 4. The second-order valence-electron chi connectivity index (χ2n) is 5.13. The molecule has 6 nitrogen and oxygen atoms in total. The first-order valence-electron chi connectivity index (χ1n) is 7.71. The average Bonchev–Trinajstić information content (AvgIpc) is 3.00. The first kappa shape index (κ1) is 15.7. The zero-order chi connectivity index (χ0) is 16.8. The minimum absolute atomic E-state index is 0.158. The van der Waals surface area contributed by atoms with Gasteiger partial charge in [0, 0.05) is 5.56 Å². The largest absolute Gasteiger partial charge is 0.493 e. The normalized spacial score (nSPS) is 11.0. The van der Waals surface area contributed by atoms with E-state index in [-0.39, 0.29) is 12.5 Å². The third-order valence-electron chi connectivity index (χ3n) is 3.45. The number of nitrogens with one attached hydrogen (secondary N) is 1. The van der Waals surface area contributed by atoms with Gasteiger partial charge < -0.3 is 9.30 Å². The number of hydrogen-bond donors (Lipinski definition) is 1. The zero-order valence-electron chi connectivity index (χ0n) is 13.3. The Bertz CT molecular complexity index is 870. The van der Waals surface area contributed by atoms with Gasteiger partial charge in [-0.15, -0.1) is 0 Å². The number of para-hydroxylation sites is 3. The van der Waals surface area contributed by atoms with Gasteiger partial charge in [-0.25, -0.2) is 10.4 Å². The molecule has 1 N–H and O–H groups in total. The lowest BCUT2D eigenvalue weighted by Gasteiger charge is -2.06. The third-order valence-corrected chi connectivity index (χ3v) is 3.45. The molecule has 0 radical (unpaired) electrons. The summed E-state index contributed by atoms with van der Waals surface area (Å²) in [6.45, 7) is 2.65. The van der Waals surface area contributed by atoms with Gasteiger partial charge in [-0.2, -0.15) is 5.10 Å². The Kier molecular flexibility index (Phi) is 4.86. The summed E-state index contributed by atoms with van der Waals surface area (Å²) in [5.41, 5.74) is 5.12. The Morgan fingerprint density at radius 2 is 2.04 bits per heavy atom. The summed E-state index contributed by atoms with van der Waals surface area (Å²) in [5, 5.41) is 4.01. The van der Waals surface area contributed by atoms with Crippen LogP contribution in [-0.4, -0.2) is 28.3 Å². The lowest BCUT2D eigenvalue weighted by atomic mass is 10.2. The van der Waals surface area contributed by atoms with Crippen LogP contribution in [0.25, 0.3) is 11.0 Å². The summed E-state index contributed by atoms with van der Waals surface area (Å²) < 4.78 is 7.30. The van der Waals surface area contributed by atoms with Crippen LogP contribution in [0.3, 0.4) is 0 Å². The molecule has 3 rings (SSSR count). The fourth-order valence-corrected chi connectivity index (χ4v) is 2.37. The maximum absolute atomic E-state index is 12.1. The molecule has 1 amide bonds. The van der Waals surface area contributed by atoms with Crippen LogP contribution >= 0.6 is 0 Å². The quantitative estimate of drug-likeness (QED) is 0.560. The molecule has 0 aliphatic carbocycles. The van der Waals surface area contributed by atoms with Crippen LogP contribution in [-0.2, 0) is 11.3 Å². The van der Waals surface area contributed by atoms with Crippen molar-refractivity contribution in [1.29, 1.82) is 0 Å². The van der Waals surface area contributed by atoms with Crippen molar-refractivity contribution in [3.8, 4) is 5.75 Å². The molecule has 24 heavy (non-hydrogen) atoms. The van der Waals surface area contributed by atoms with Gasteiger partial charge in [0.15, 0.2) is 0 Å². The molecule has 122 valence electrons. The maximum Gasteiger partial charge on any atom is 0.260 e. The van der Waals surface area contributed by atoms with Crippen LogP contribution in [0.4, 0.5) is 0 Å². The molecular formula is C18H18N4O2. The second-order valence-corrected chi connectivity index (χ2v) is 5.13. The summed E-state index contributed by atoms with van der Waals surface area (Å²) >= 11 is 0. The number of fused-ring (bicyclic) bond motifs is 1. The van der Waals surface area contributed by atoms with E-state index in [0.717, 1.165) is 22.3 Å². The third kappa shape index (κ3) is 3.60. The van der Waals surface area contributed by atoms with Crippen molar-refractivity contribution in [2.45, 2.75) is 13.5 Å². The molecule has 0 aliphatic heterocycles. The number of hydrazone groups is 1. The molecule has 0 saturated heterocycles. The van der Waals surface area contributed by atoms with Gasteiger partial charge in [0.2, 0.25) is 0 Å². The number of ether oxygens (including phenoxy) is 1. The van der Waals surface area contributed by atoms with E-state index in [9.17, 15) is 4.79 Å². The van der Waals surface area contributed by atoms with E-state index in [2.05, 4.69) is 15.5 Å². The molecule has 0 aliphatic rings. The Morgan fingerprint density at radius 1 is 1.25 bits per heavy atom. The number of amides is 1. The van der Waals surface area contributed by atoms with E-state index in [0.29, 0.717) is 6.61 Å². The lowest BCUT2D eigenvalue weighted by molar-refractivity contribution is -0.121. The van der Waals surface area contributed by atoms with Crippen molar-refractivity contribution in [2.24, 2.45) is 5.10 Å². The first-order valence-corrected chi connectivity index (χ1v) is 7.71. The SMILES string of the molecule is CCOc1ccccc1C=NNC(=O)Cn1cnc2ccccc21. The summed E-state index contributed by atoms with van der Waals surface area (Å²) in [6.07, 6.45) is 3.23. The molecule has 0 unspecified atom stereocenters. The van der Waals surface area contributed by atoms with E-state index in [1.807, 2.05) is 55.5 Å². The van der Waals surface area contributed by atoms with Crippen LogP contribution in [0.1, 0.15) is 12.5 Å². The highest BCUT2D eigenvalue weighted by Gasteiger charge is 2.06. The van der Waals surface area contributed by atoms with E-state index in [1.54, 1.807) is 17.1 Å². The Labute approximate surface area is 139 Å². The van der Waals surface area contributed by atoms with Crippen molar-refractivity contribution in [1.82, 2.24) is 15.0 Å². The lowest BCUT2D eigenvalue weighted by Crippen LogP contribution is -2.22. The van der Waals surface area contributed by atoms with Crippen LogP contribution in [0.15, 0.2) is 60.0 Å². The summed E-state index contributed by atoms with van der Waals surface area (Å²) in [5.74, 6) is 0.516. The van der Waals surface area contributed by atoms with Gasteiger partial charge in [0.05, 0.1) is 30.2 Å². The second kappa shape index (κ2) is 7.41. The Hall–Kier alpha value is -3.15. The van der Waals surface area contributed by atoms with E-state index < -0.39 is 0 Å². The molecule has 0 fully saturated rings. The summed E-state index contributed by atoms with van der Waals surface area (Å²) in [6, 6.07) is 15.2. The molecule has 0 spiro atoms. The number of benzene rings is 2. The molecule has 1 heterocycles. The molecule has 2 aromatic carbocycles. The van der Waals surface area contributed by atoms with Gasteiger partial charge in [-0.3, -0.25) is 4.79 Å². The molecule has 0 atom stereocenters. The summed E-state index contributed by atoms with van der Waals surface area (Å²) in [7, 11) is 0. The number of nitrogens with zero attached hydrogens (tertiary/aromatic N) is 3. The van der Waals surface area contributed by atoms with E-state index in [1.165, 1.54) is 0 Å². The topological polar surface area (TPSA) is 68.5 Å². The van der Waals surface area contributed by atoms with Crippen molar-refractivity contribution in [3.05, 3.63) is 60.4 Å². The molecule has 0 saturated carbocycles. The molecule has 1 aromatic heterocycles. The van der Waals surface area contributed by atoms with Gasteiger partial charge in [0.25, 0.3) is 5.91 Å². The zero-order valence-corrected chi connectivity index (χ0v) is 13.3. The predicted molar refractivity (Wildman–Crippen MR) is 93.1 cm³/mol. The van der Waals surface area contributed by atoms with Crippen LogP contribution in [0.5, 0.6) is 5.75 Å². The van der Waals surface area contributed by atoms with Crippen LogP contribution in [0, 0.1) is 0 Å². The smallest absolute Gasteiger partial charge is 0.260 e. The minimum atomic E-state index is -0.219. The molecular weight excluding hydrogens is 304 g/mol. The monoisotopic (exact) mass is 322 g/mol. The number of carbonyl (C=O) groups excluding carboxylic acids is 1. The van der Waals surface area contributed by atoms with E-state index in [4.69, 9.17) is 4.74 Å². The standard InChI is InChI=1S/C18H18N4O2/c1-2-24-17-10-6-3-7-14(17)11-20-21-18(23)12-22-13-19-15-8-4-5-9-16(15)22/h3-11,13H,2,12H2,1H3,(H,21,23). The highest BCUT2D eigenvalue weighted by Crippen LogP contribution is 2.15. The average molecular weight is 322 g/mol. The first-order chi connectivity index (χ1) is 11.8. The minimum Gasteiger partial charge on any atom is -0.493 e. The number of aromatic nitrogens is 2. The van der Waals surface area contributed by atoms with Gasteiger partial charge in [0.1, 0.15) is 12.3 Å². The fraction of sp³-hybridized carbons (Fsp3) is 0.167. The molecule has 6 heteroatoms. The Balaban J connectivity index is 1.63. The number of imidazole rings is 1. The molecule has 0 bridgehead atoms. The van der Waals surface area contributed by atoms with Crippen molar-refractivity contribution < 1.29 is 9.53 Å². The van der Waals surface area contributed by atoms with Crippen molar-refractivity contribution >= 4 is 23.2 Å². The van der Waals surface area contributed by atoms with Crippen LogP contribution in [0.2, 0.25) is 0 Å². The van der Waals surface area contributed by atoms with E-state index >= 15 is 0 Å². The summed E-state index contributed by atoms with van der Waals surface area (Å²) in [4.78, 5) is 16.3. The van der Waals surface area contributed by atoms with Gasteiger partial charge >= 0.3 is 0 Å². The van der Waals surface area contributed by atoms with Crippen molar-refractivity contribution in [3.63, 3.8) is 0 Å². The highest BCUT2D eigenvalue weighted by molar-refractivity contribution is 5.85. The van der Waals surface area contributed by atoms with Gasteiger partial charge in [-0.1, -0.05) is 24.3 Å². The Morgan fingerprint density at radius 3 is 2.92 bits per heavy atom.